The monoisotopic (exact) mass is 392 g/mol. The maximum atomic E-state index is 12.2. The number of nitrogens with zero attached hydrogens (tertiary/aromatic N) is 1. The largest absolute Gasteiger partial charge is 0.481 e. The topological polar surface area (TPSA) is 69.6 Å². The Hall–Kier alpha value is -1.01. The highest BCUT2D eigenvalue weighted by Crippen LogP contribution is 2.48. The number of hydrogen-bond donors (Lipinski definition) is 2. The van der Waals surface area contributed by atoms with Gasteiger partial charge in [0.25, 0.3) is 0 Å². The zero-order valence-electron chi connectivity index (χ0n) is 12.9. The molecular weight excluding hydrogens is 375 g/mol. The van der Waals surface area contributed by atoms with Crippen LogP contribution in [0.1, 0.15) is 19.3 Å². The van der Waals surface area contributed by atoms with Crippen LogP contribution in [0.25, 0.3) is 0 Å². The van der Waals surface area contributed by atoms with Crippen LogP contribution in [-0.4, -0.2) is 41.5 Å². The lowest BCUT2D eigenvalue weighted by molar-refractivity contribution is -0.149. The van der Waals surface area contributed by atoms with Crippen molar-refractivity contribution in [1.29, 1.82) is 0 Å². The number of fused-ring (bicyclic) bond motifs is 1. The van der Waals surface area contributed by atoms with E-state index in [0.717, 1.165) is 12.8 Å². The third kappa shape index (κ3) is 3.64. The molecule has 24 heavy (non-hydrogen) atoms. The fraction of sp³-hybridized carbons (Fsp3) is 0.500. The maximum Gasteiger partial charge on any atom is 0.311 e. The van der Waals surface area contributed by atoms with Crippen molar-refractivity contribution in [2.45, 2.75) is 19.3 Å². The normalized spacial score (nSPS) is 25.8. The molecule has 0 spiro atoms. The molecule has 1 aromatic rings. The van der Waals surface area contributed by atoms with Crippen molar-refractivity contribution in [1.82, 2.24) is 4.90 Å². The molecule has 1 aliphatic heterocycles. The van der Waals surface area contributed by atoms with E-state index in [9.17, 15) is 14.7 Å². The summed E-state index contributed by atoms with van der Waals surface area (Å²) in [5, 5.41) is 13.1. The number of halogens is 3. The molecule has 1 aromatic carbocycles. The van der Waals surface area contributed by atoms with Crippen LogP contribution in [0.3, 0.4) is 0 Å². The van der Waals surface area contributed by atoms with E-state index in [4.69, 9.17) is 23.2 Å². The lowest BCUT2D eigenvalue weighted by Gasteiger charge is -2.23. The Morgan fingerprint density at radius 1 is 1.33 bits per heavy atom. The number of nitrogens with one attached hydrogen (secondary N) is 1. The Morgan fingerprint density at radius 3 is 2.71 bits per heavy atom. The summed E-state index contributed by atoms with van der Waals surface area (Å²) in [6, 6.07) is 4.90. The highest BCUT2D eigenvalue weighted by molar-refractivity contribution is 6.42. The van der Waals surface area contributed by atoms with Crippen LogP contribution >= 0.6 is 35.6 Å². The molecule has 132 valence electrons. The Bertz CT molecular complexity index is 655. The van der Waals surface area contributed by atoms with Crippen LogP contribution in [0.5, 0.6) is 0 Å². The van der Waals surface area contributed by atoms with Gasteiger partial charge in [0.15, 0.2) is 0 Å². The fourth-order valence-electron chi connectivity index (χ4n) is 3.84. The summed E-state index contributed by atoms with van der Waals surface area (Å²) in [6.07, 6.45) is 2.59. The number of aliphatic carboxylic acids is 1. The minimum Gasteiger partial charge on any atom is -0.481 e. The molecule has 1 heterocycles. The third-order valence-corrected chi connectivity index (χ3v) is 5.68. The lowest BCUT2D eigenvalue weighted by atomic mass is 9.81. The second kappa shape index (κ2) is 7.48. The molecule has 8 heteroatoms. The summed E-state index contributed by atoms with van der Waals surface area (Å²) in [5.74, 6) is -0.755. The van der Waals surface area contributed by atoms with Gasteiger partial charge >= 0.3 is 5.97 Å². The average molecular weight is 394 g/mol. The molecule has 3 rings (SSSR count). The molecule has 1 saturated heterocycles. The molecule has 0 unspecified atom stereocenters. The van der Waals surface area contributed by atoms with Crippen molar-refractivity contribution < 1.29 is 14.7 Å². The van der Waals surface area contributed by atoms with Crippen molar-refractivity contribution in [3.05, 3.63) is 28.2 Å². The number of likely N-dealkylation sites (tertiary alicyclic amines) is 1. The molecule has 0 radical (unpaired) electrons. The third-order valence-electron chi connectivity index (χ3n) is 4.94. The van der Waals surface area contributed by atoms with Crippen LogP contribution in [0.4, 0.5) is 5.69 Å². The number of carbonyl (C=O) groups excluding carboxylic acids is 1. The van der Waals surface area contributed by atoms with Gasteiger partial charge in [-0.3, -0.25) is 14.5 Å². The summed E-state index contributed by atoms with van der Waals surface area (Å²) in [4.78, 5) is 25.8. The maximum absolute atomic E-state index is 12.2. The predicted molar refractivity (Wildman–Crippen MR) is 96.2 cm³/mol. The van der Waals surface area contributed by atoms with Crippen LogP contribution in [-0.2, 0) is 9.59 Å². The molecule has 2 N–H and O–H groups in total. The minimum absolute atomic E-state index is 0. The average Bonchev–Trinajstić information content (AvgIpc) is 3.00. The molecule has 1 saturated carbocycles. The first-order valence-corrected chi connectivity index (χ1v) is 8.37. The number of carbonyl (C=O) groups is 2. The van der Waals surface area contributed by atoms with Crippen LogP contribution in [0.2, 0.25) is 10.0 Å². The van der Waals surface area contributed by atoms with E-state index < -0.39 is 11.4 Å². The number of carboxylic acids is 1. The molecule has 2 aliphatic rings. The fourth-order valence-corrected chi connectivity index (χ4v) is 4.14. The van der Waals surface area contributed by atoms with E-state index in [2.05, 4.69) is 5.32 Å². The molecule has 2 fully saturated rings. The quantitative estimate of drug-likeness (QED) is 0.821. The first-order valence-electron chi connectivity index (χ1n) is 7.61. The summed E-state index contributed by atoms with van der Waals surface area (Å²) < 4.78 is 0. The van der Waals surface area contributed by atoms with Crippen LogP contribution in [0.15, 0.2) is 18.2 Å². The number of rotatable bonds is 4. The van der Waals surface area contributed by atoms with Gasteiger partial charge in [0, 0.05) is 18.8 Å². The molecule has 0 bridgehead atoms. The van der Waals surface area contributed by atoms with Crippen LogP contribution < -0.4 is 5.32 Å². The molecular formula is C16H19Cl3N2O3. The van der Waals surface area contributed by atoms with Crippen molar-refractivity contribution >= 4 is 53.2 Å². The summed E-state index contributed by atoms with van der Waals surface area (Å²) in [5.41, 5.74) is -0.0825. The number of hydrogen-bond acceptors (Lipinski definition) is 3. The van der Waals surface area contributed by atoms with Gasteiger partial charge in [-0.2, -0.15) is 0 Å². The second-order valence-corrected chi connectivity index (χ2v) is 7.21. The Morgan fingerprint density at radius 2 is 2.08 bits per heavy atom. The highest BCUT2D eigenvalue weighted by Gasteiger charge is 2.54. The van der Waals surface area contributed by atoms with E-state index in [0.29, 0.717) is 35.2 Å². The molecule has 1 aliphatic carbocycles. The van der Waals surface area contributed by atoms with E-state index in [1.165, 1.54) is 0 Å². The molecule has 5 nitrogen and oxygen atoms in total. The van der Waals surface area contributed by atoms with Gasteiger partial charge in [-0.15, -0.1) is 12.4 Å². The first kappa shape index (κ1) is 19.3. The summed E-state index contributed by atoms with van der Waals surface area (Å²) in [6.45, 7) is 1.30. The highest BCUT2D eigenvalue weighted by atomic mass is 35.5. The van der Waals surface area contributed by atoms with Gasteiger partial charge in [-0.05, 0) is 37.0 Å². The van der Waals surface area contributed by atoms with E-state index in [-0.39, 0.29) is 30.8 Å². The van der Waals surface area contributed by atoms with Crippen molar-refractivity contribution in [3.63, 3.8) is 0 Å². The van der Waals surface area contributed by atoms with Gasteiger partial charge < -0.3 is 10.4 Å². The predicted octanol–water partition coefficient (Wildman–Crippen LogP) is 3.54. The minimum atomic E-state index is -0.729. The van der Waals surface area contributed by atoms with Crippen molar-refractivity contribution in [2.24, 2.45) is 11.3 Å². The Balaban J connectivity index is 0.00000208. The number of benzene rings is 1. The number of anilines is 1. The zero-order valence-corrected chi connectivity index (χ0v) is 15.3. The van der Waals surface area contributed by atoms with Gasteiger partial charge in [0.05, 0.1) is 22.0 Å². The van der Waals surface area contributed by atoms with Gasteiger partial charge in [0.2, 0.25) is 5.91 Å². The molecule has 2 atom stereocenters. The Kier molecular flexibility index (Phi) is 6.02. The van der Waals surface area contributed by atoms with Gasteiger partial charge in [0.1, 0.15) is 0 Å². The summed E-state index contributed by atoms with van der Waals surface area (Å²) in [7, 11) is 0. The van der Waals surface area contributed by atoms with Gasteiger partial charge in [-0.25, -0.2) is 0 Å². The second-order valence-electron chi connectivity index (χ2n) is 6.40. The molecule has 1 amide bonds. The van der Waals surface area contributed by atoms with Crippen molar-refractivity contribution in [3.8, 4) is 0 Å². The van der Waals surface area contributed by atoms with E-state index in [1.807, 2.05) is 4.90 Å². The zero-order chi connectivity index (χ0) is 16.6. The smallest absolute Gasteiger partial charge is 0.311 e. The number of amides is 1. The van der Waals surface area contributed by atoms with Crippen LogP contribution in [0, 0.1) is 11.3 Å². The lowest BCUT2D eigenvalue weighted by Crippen LogP contribution is -2.37. The van der Waals surface area contributed by atoms with Crippen molar-refractivity contribution in [2.75, 3.05) is 25.0 Å². The first-order chi connectivity index (χ1) is 10.9. The van der Waals surface area contributed by atoms with Gasteiger partial charge in [-0.1, -0.05) is 29.6 Å². The Labute approximate surface area is 156 Å². The number of carboxylic acid groups (broad SMARTS) is 1. The van der Waals surface area contributed by atoms with E-state index >= 15 is 0 Å². The summed E-state index contributed by atoms with van der Waals surface area (Å²) >= 11 is 11.8. The SMILES string of the molecule is Cl.O=C(CN1C[C@@H]2CCC[C@@]2(C(=O)O)C1)Nc1ccc(Cl)c(Cl)c1. The standard InChI is InChI=1S/C16H18Cl2N2O3.ClH/c17-12-4-3-11(6-13(12)18)19-14(21)8-20-7-10-2-1-5-16(10,9-20)15(22)23;/h3-4,6,10H,1-2,5,7-9H2,(H,19,21)(H,22,23);1H/t10-,16+;/m0./s1. The molecule has 0 aromatic heterocycles. The van der Waals surface area contributed by atoms with E-state index in [1.54, 1.807) is 18.2 Å².